The first-order valence-electron chi connectivity index (χ1n) is 3.02. The van der Waals surface area contributed by atoms with E-state index in [1.54, 1.807) is 0 Å². The van der Waals surface area contributed by atoms with Gasteiger partial charge in [0.25, 0.3) is 0 Å². The van der Waals surface area contributed by atoms with Gasteiger partial charge in [-0.25, -0.2) is 0 Å². The van der Waals surface area contributed by atoms with Crippen molar-refractivity contribution in [3.05, 3.63) is 39.2 Å². The van der Waals surface area contributed by atoms with Crippen LogP contribution in [0.5, 0.6) is 5.75 Å². The van der Waals surface area contributed by atoms with Gasteiger partial charge in [0.2, 0.25) is 5.75 Å². The summed E-state index contributed by atoms with van der Waals surface area (Å²) in [5, 5.41) is 19.5. The highest BCUT2D eigenvalue weighted by Gasteiger charge is 2.16. The zero-order chi connectivity index (χ0) is 9.30. The van der Waals surface area contributed by atoms with E-state index in [2.05, 4.69) is 22.9 Å². The van der Waals surface area contributed by atoms with E-state index < -0.39 is 4.92 Å². The predicted octanol–water partition coefficient (Wildman–Crippen LogP) is 2.25. The molecule has 0 saturated heterocycles. The minimum Gasteiger partial charge on any atom is -0.501 e. The van der Waals surface area contributed by atoms with Crippen molar-refractivity contribution >= 4 is 21.6 Å². The zero-order valence-corrected chi connectivity index (χ0v) is 7.54. The van der Waals surface area contributed by atoms with Crippen molar-refractivity contribution in [1.29, 1.82) is 0 Å². The maximum atomic E-state index is 10.3. The lowest BCUT2D eigenvalue weighted by Gasteiger charge is -2.00. The fourth-order valence-corrected chi connectivity index (χ4v) is 1.08. The van der Waals surface area contributed by atoms with Gasteiger partial charge in [0.05, 0.1) is 9.40 Å². The molecule has 0 unspecified atom stereocenters. The number of phenolic OH excluding ortho intramolecular Hbond substituents is 1. The van der Waals surface area contributed by atoms with E-state index in [-0.39, 0.29) is 15.9 Å². The van der Waals surface area contributed by atoms with Crippen LogP contribution in [0.3, 0.4) is 0 Å². The van der Waals surface area contributed by atoms with Gasteiger partial charge in [0.15, 0.2) is 0 Å². The maximum Gasteiger partial charge on any atom is 0.311 e. The normalized spacial score (nSPS) is 9.83. The Hall–Kier alpha value is -1.10. The van der Waals surface area contributed by atoms with Gasteiger partial charge < -0.3 is 5.11 Å². The largest absolute Gasteiger partial charge is 0.501 e. The summed E-state index contributed by atoms with van der Waals surface area (Å²) in [5.74, 6) is -0.382. The molecule has 0 aliphatic heterocycles. The van der Waals surface area contributed by atoms with Crippen LogP contribution >= 0.6 is 15.9 Å². The number of nitrogens with zero attached hydrogens (tertiary/aromatic N) is 1. The van der Waals surface area contributed by atoms with Crippen molar-refractivity contribution in [2.45, 2.75) is 0 Å². The number of hydrogen-bond acceptors (Lipinski definition) is 3. The first-order valence-corrected chi connectivity index (χ1v) is 3.81. The van der Waals surface area contributed by atoms with Crippen molar-refractivity contribution in [1.82, 2.24) is 0 Å². The van der Waals surface area contributed by atoms with Gasteiger partial charge in [-0.05, 0) is 28.4 Å². The molecule has 0 aliphatic rings. The monoisotopic (exact) mass is 230 g/mol. The minimum absolute atomic E-state index is 0.261. The minimum atomic E-state index is -0.653. The Labute approximate surface area is 77.1 Å². The first kappa shape index (κ1) is 8.99. The fraction of sp³-hybridized carbons (Fsp3) is 0. The molecule has 63 valence electrons. The number of halogens is 1. The molecule has 0 amide bonds. The molecule has 0 saturated carbocycles. The Balaban J connectivity index is 3.36. The molecule has 1 rings (SSSR count). The molecule has 0 aromatic heterocycles. The summed E-state index contributed by atoms with van der Waals surface area (Å²) in [7, 11) is 0. The number of nitro benzene ring substituents is 1. The van der Waals surface area contributed by atoms with E-state index in [1.807, 2.05) is 0 Å². The molecule has 1 radical (unpaired) electrons. The fourth-order valence-electron chi connectivity index (χ4n) is 0.743. The molecular formula is C7H5BrNO3. The molecule has 0 aliphatic carbocycles. The van der Waals surface area contributed by atoms with Crippen LogP contribution in [0.25, 0.3) is 0 Å². The van der Waals surface area contributed by atoms with Crippen LogP contribution in [-0.2, 0) is 0 Å². The van der Waals surface area contributed by atoms with Crippen LogP contribution < -0.4 is 0 Å². The second kappa shape index (κ2) is 3.10. The molecule has 0 bridgehead atoms. The Morgan fingerprint density at radius 1 is 1.58 bits per heavy atom. The van der Waals surface area contributed by atoms with E-state index in [4.69, 9.17) is 0 Å². The lowest BCUT2D eigenvalue weighted by molar-refractivity contribution is -0.386. The SMILES string of the molecule is [CH2]c1ccc([N+](=O)[O-])c(O)c1Br. The average Bonchev–Trinajstić information content (AvgIpc) is 2.00. The van der Waals surface area contributed by atoms with E-state index in [0.29, 0.717) is 5.56 Å². The summed E-state index contributed by atoms with van der Waals surface area (Å²) >= 11 is 2.98. The molecule has 0 fully saturated rings. The van der Waals surface area contributed by atoms with Crippen LogP contribution in [-0.4, -0.2) is 10.0 Å². The van der Waals surface area contributed by atoms with Gasteiger partial charge >= 0.3 is 5.69 Å². The lowest BCUT2D eigenvalue weighted by Crippen LogP contribution is -1.89. The summed E-state index contributed by atoms with van der Waals surface area (Å²) in [6.45, 7) is 3.55. The summed E-state index contributed by atoms with van der Waals surface area (Å²) in [4.78, 5) is 9.64. The topological polar surface area (TPSA) is 63.4 Å². The van der Waals surface area contributed by atoms with Gasteiger partial charge in [-0.2, -0.15) is 0 Å². The number of hydrogen-bond donors (Lipinski definition) is 1. The lowest BCUT2D eigenvalue weighted by atomic mass is 10.2. The highest BCUT2D eigenvalue weighted by atomic mass is 79.9. The van der Waals surface area contributed by atoms with Crippen LogP contribution in [0.15, 0.2) is 16.6 Å². The second-order valence-corrected chi connectivity index (χ2v) is 2.96. The quantitative estimate of drug-likeness (QED) is 0.595. The van der Waals surface area contributed by atoms with E-state index in [1.165, 1.54) is 12.1 Å². The summed E-state index contributed by atoms with van der Waals surface area (Å²) < 4.78 is 0.261. The van der Waals surface area contributed by atoms with Crippen LogP contribution in [0.1, 0.15) is 5.56 Å². The van der Waals surface area contributed by atoms with Gasteiger partial charge in [-0.3, -0.25) is 10.1 Å². The van der Waals surface area contributed by atoms with E-state index >= 15 is 0 Å². The Morgan fingerprint density at radius 2 is 2.17 bits per heavy atom. The van der Waals surface area contributed by atoms with Crippen molar-refractivity contribution < 1.29 is 10.0 Å². The van der Waals surface area contributed by atoms with Crippen LogP contribution in [0.4, 0.5) is 5.69 Å². The van der Waals surface area contributed by atoms with E-state index in [9.17, 15) is 15.2 Å². The molecule has 4 nitrogen and oxygen atoms in total. The number of benzene rings is 1. The van der Waals surface area contributed by atoms with Gasteiger partial charge in [0, 0.05) is 6.07 Å². The molecule has 0 spiro atoms. The number of rotatable bonds is 1. The smallest absolute Gasteiger partial charge is 0.311 e. The second-order valence-electron chi connectivity index (χ2n) is 2.16. The third-order valence-electron chi connectivity index (χ3n) is 1.37. The highest BCUT2D eigenvalue weighted by molar-refractivity contribution is 9.10. The van der Waals surface area contributed by atoms with Crippen LogP contribution in [0.2, 0.25) is 0 Å². The van der Waals surface area contributed by atoms with Crippen molar-refractivity contribution in [2.24, 2.45) is 0 Å². The molecule has 1 aromatic rings. The highest BCUT2D eigenvalue weighted by Crippen LogP contribution is 2.35. The van der Waals surface area contributed by atoms with Crippen molar-refractivity contribution in [2.75, 3.05) is 0 Å². The zero-order valence-electron chi connectivity index (χ0n) is 5.95. The van der Waals surface area contributed by atoms with Gasteiger partial charge in [0.1, 0.15) is 0 Å². The molecular weight excluding hydrogens is 226 g/mol. The summed E-state index contributed by atoms with van der Waals surface area (Å²) in [6.07, 6.45) is 0. The number of phenols is 1. The number of aromatic hydroxyl groups is 1. The predicted molar refractivity (Wildman–Crippen MR) is 46.9 cm³/mol. The van der Waals surface area contributed by atoms with E-state index in [0.717, 1.165) is 0 Å². The standard InChI is InChI=1S/C7H5BrNO3/c1-4-2-3-5(9(11)12)7(10)6(4)8/h2-3,10H,1H2. The summed E-state index contributed by atoms with van der Waals surface area (Å²) in [6, 6.07) is 2.67. The molecule has 1 N–H and O–H groups in total. The Bertz CT molecular complexity index is 338. The van der Waals surface area contributed by atoms with Crippen molar-refractivity contribution in [3.8, 4) is 5.75 Å². The molecule has 12 heavy (non-hydrogen) atoms. The average molecular weight is 231 g/mol. The Morgan fingerprint density at radius 3 is 2.67 bits per heavy atom. The summed E-state index contributed by atoms with van der Waals surface area (Å²) in [5.41, 5.74) is 0.187. The van der Waals surface area contributed by atoms with Gasteiger partial charge in [-0.15, -0.1) is 0 Å². The van der Waals surface area contributed by atoms with Crippen LogP contribution in [0, 0.1) is 17.0 Å². The van der Waals surface area contributed by atoms with Crippen molar-refractivity contribution in [3.63, 3.8) is 0 Å². The number of nitro groups is 1. The first-order chi connectivity index (χ1) is 5.54. The molecule has 1 aromatic carbocycles. The van der Waals surface area contributed by atoms with Gasteiger partial charge in [-0.1, -0.05) is 6.07 Å². The third kappa shape index (κ3) is 1.40. The maximum absolute atomic E-state index is 10.3. The molecule has 0 atom stereocenters. The molecule has 5 heteroatoms. The molecule has 0 heterocycles. The third-order valence-corrected chi connectivity index (χ3v) is 2.26. The Kier molecular flexibility index (Phi) is 2.32.